The summed E-state index contributed by atoms with van der Waals surface area (Å²) < 4.78 is 14.4. The summed E-state index contributed by atoms with van der Waals surface area (Å²) in [6.07, 6.45) is 1.61. The number of aromatic nitrogens is 2. The van der Waals surface area contributed by atoms with E-state index in [0.29, 0.717) is 22.5 Å². The van der Waals surface area contributed by atoms with Crippen molar-refractivity contribution in [3.63, 3.8) is 0 Å². The number of rotatable bonds is 10. The summed E-state index contributed by atoms with van der Waals surface area (Å²) in [5.74, 6) is -2.66. The molecule has 202 valence electrons. The Hall–Kier alpha value is -4.91. The number of fused-ring (bicyclic) bond motifs is 1. The summed E-state index contributed by atoms with van der Waals surface area (Å²) in [5, 5.41) is 3.24. The van der Waals surface area contributed by atoms with E-state index >= 15 is 0 Å². The number of hydrogen-bond acceptors (Lipinski definition) is 9. The third kappa shape index (κ3) is 5.38. The van der Waals surface area contributed by atoms with Crippen molar-refractivity contribution in [3.05, 3.63) is 70.9 Å². The van der Waals surface area contributed by atoms with Gasteiger partial charge in [0.2, 0.25) is 5.91 Å². The van der Waals surface area contributed by atoms with Crippen LogP contribution in [0.15, 0.2) is 54.7 Å². The van der Waals surface area contributed by atoms with Gasteiger partial charge in [-0.1, -0.05) is 30.3 Å². The lowest BCUT2D eigenvalue weighted by Gasteiger charge is -2.31. The van der Waals surface area contributed by atoms with E-state index in [0.717, 1.165) is 5.52 Å². The van der Waals surface area contributed by atoms with Crippen molar-refractivity contribution in [1.82, 2.24) is 14.7 Å². The number of amides is 3. The molecule has 1 atom stereocenters. The molecule has 4 rings (SSSR count). The van der Waals surface area contributed by atoms with Crippen LogP contribution in [-0.2, 0) is 14.3 Å². The molecule has 0 radical (unpaired) electrons. The van der Waals surface area contributed by atoms with Gasteiger partial charge in [-0.2, -0.15) is 4.37 Å². The summed E-state index contributed by atoms with van der Waals surface area (Å²) in [7, 11) is 1.43. The number of benzene rings is 2. The number of aromatic amines is 1. The van der Waals surface area contributed by atoms with E-state index < -0.39 is 36.3 Å². The van der Waals surface area contributed by atoms with Crippen LogP contribution in [0.3, 0.4) is 0 Å². The Balaban J connectivity index is 1.93. The van der Waals surface area contributed by atoms with E-state index in [-0.39, 0.29) is 34.3 Å². The number of nitrogen functional groups attached to an aromatic ring is 1. The summed E-state index contributed by atoms with van der Waals surface area (Å²) >= 11 is 0.682. The third-order valence-corrected chi connectivity index (χ3v) is 6.70. The van der Waals surface area contributed by atoms with E-state index in [1.54, 1.807) is 49.5 Å². The highest BCUT2D eigenvalue weighted by molar-refractivity contribution is 7.09. The Bertz CT molecular complexity index is 1550. The van der Waals surface area contributed by atoms with Crippen LogP contribution < -0.4 is 26.4 Å². The molecule has 0 saturated carbocycles. The van der Waals surface area contributed by atoms with Gasteiger partial charge in [0.25, 0.3) is 11.8 Å². The van der Waals surface area contributed by atoms with Crippen molar-refractivity contribution in [2.24, 2.45) is 5.73 Å². The summed E-state index contributed by atoms with van der Waals surface area (Å²) in [6, 6.07) is 12.5. The monoisotopic (exact) mass is 550 g/mol. The van der Waals surface area contributed by atoms with Crippen LogP contribution in [0.1, 0.15) is 38.7 Å². The maximum Gasteiger partial charge on any atom is 0.325 e. The normalized spacial score (nSPS) is 11.5. The number of esters is 1. The van der Waals surface area contributed by atoms with Gasteiger partial charge in [-0.3, -0.25) is 24.1 Å². The second-order valence-electron chi connectivity index (χ2n) is 8.20. The van der Waals surface area contributed by atoms with Gasteiger partial charge in [0, 0.05) is 22.7 Å². The first-order valence-corrected chi connectivity index (χ1v) is 12.6. The van der Waals surface area contributed by atoms with Gasteiger partial charge in [-0.05, 0) is 36.7 Å². The number of carbonyl (C=O) groups excluding carboxylic acids is 4. The van der Waals surface area contributed by atoms with Gasteiger partial charge >= 0.3 is 5.97 Å². The smallest absolute Gasteiger partial charge is 0.325 e. The van der Waals surface area contributed by atoms with Crippen molar-refractivity contribution < 1.29 is 28.7 Å². The zero-order valence-corrected chi connectivity index (χ0v) is 21.9. The number of para-hydroxylation sites is 3. The number of nitrogens with two attached hydrogens (primary N) is 2. The Morgan fingerprint density at radius 2 is 1.85 bits per heavy atom. The lowest BCUT2D eigenvalue weighted by Crippen LogP contribution is -2.45. The molecule has 0 aliphatic heterocycles. The molecule has 2 heterocycles. The van der Waals surface area contributed by atoms with Crippen molar-refractivity contribution in [1.29, 1.82) is 0 Å². The van der Waals surface area contributed by atoms with Gasteiger partial charge in [-0.15, -0.1) is 0 Å². The molecule has 0 aliphatic carbocycles. The molecule has 6 N–H and O–H groups in total. The molecule has 2 aromatic carbocycles. The Morgan fingerprint density at radius 1 is 1.13 bits per heavy atom. The summed E-state index contributed by atoms with van der Waals surface area (Å²) in [5.41, 5.74) is 12.4. The van der Waals surface area contributed by atoms with Crippen LogP contribution in [0, 0.1) is 0 Å². The second-order valence-corrected chi connectivity index (χ2v) is 8.97. The number of hydrogen-bond donors (Lipinski definition) is 4. The first-order chi connectivity index (χ1) is 18.8. The van der Waals surface area contributed by atoms with Crippen molar-refractivity contribution >= 4 is 57.5 Å². The molecule has 12 nitrogen and oxygen atoms in total. The van der Waals surface area contributed by atoms with E-state index in [1.807, 2.05) is 12.1 Å². The van der Waals surface area contributed by atoms with E-state index in [9.17, 15) is 19.2 Å². The average molecular weight is 551 g/mol. The lowest BCUT2D eigenvalue weighted by molar-refractivity contribution is -0.143. The number of H-pyrrole nitrogens is 1. The number of nitrogens with zero attached hydrogens (tertiary/aromatic N) is 2. The van der Waals surface area contributed by atoms with Gasteiger partial charge in [0.15, 0.2) is 5.69 Å². The minimum Gasteiger partial charge on any atom is -0.495 e. The minimum absolute atomic E-state index is 0.0993. The quantitative estimate of drug-likeness (QED) is 0.217. The number of ether oxygens (including phenoxy) is 2. The number of anilines is 2. The highest BCUT2D eigenvalue weighted by Gasteiger charge is 2.38. The fourth-order valence-corrected chi connectivity index (χ4v) is 4.86. The molecule has 4 aromatic rings. The van der Waals surface area contributed by atoms with Crippen LogP contribution in [0.2, 0.25) is 0 Å². The molecule has 0 aliphatic rings. The number of primary amides is 1. The standard InChI is InChI=1S/C26H26N6O6S/c1-3-38-19(33)13-30-25(35)22(15-12-29-16-9-5-4-8-14(15)16)32(17-10-6-7-11-18(17)37-2)26(36)23-20(27)21(24(28)34)31-39-23/h4-12,22,29H,3,13,27H2,1-2H3,(H2,28,34)(H,30,35). The van der Waals surface area contributed by atoms with E-state index in [4.69, 9.17) is 20.9 Å². The SMILES string of the molecule is CCOC(=O)CNC(=O)C(c1c[nH]c2ccccc12)N(C(=O)c1snc(C(N)=O)c1N)c1ccccc1OC. The van der Waals surface area contributed by atoms with Crippen LogP contribution in [-0.4, -0.2) is 53.3 Å². The predicted octanol–water partition coefficient (Wildman–Crippen LogP) is 2.38. The van der Waals surface area contributed by atoms with Gasteiger partial charge < -0.3 is 31.2 Å². The van der Waals surface area contributed by atoms with Gasteiger partial charge in [0.1, 0.15) is 23.2 Å². The van der Waals surface area contributed by atoms with E-state index in [2.05, 4.69) is 14.7 Å². The van der Waals surface area contributed by atoms with Crippen molar-refractivity contribution in [2.75, 3.05) is 30.9 Å². The minimum atomic E-state index is -1.32. The summed E-state index contributed by atoms with van der Waals surface area (Å²) in [6.45, 7) is 1.36. The van der Waals surface area contributed by atoms with Crippen LogP contribution in [0.4, 0.5) is 11.4 Å². The molecule has 13 heteroatoms. The predicted molar refractivity (Wildman–Crippen MR) is 146 cm³/mol. The molecule has 0 saturated heterocycles. The van der Waals surface area contributed by atoms with Crippen LogP contribution >= 0.6 is 11.5 Å². The first kappa shape index (κ1) is 27.1. The highest BCUT2D eigenvalue weighted by atomic mass is 32.1. The maximum atomic E-state index is 14.2. The molecule has 0 fully saturated rings. The number of nitrogens with one attached hydrogen (secondary N) is 2. The molecule has 39 heavy (non-hydrogen) atoms. The molecule has 2 aromatic heterocycles. The first-order valence-electron chi connectivity index (χ1n) is 11.8. The molecule has 1 unspecified atom stereocenters. The zero-order valence-electron chi connectivity index (χ0n) is 21.1. The highest BCUT2D eigenvalue weighted by Crippen LogP contribution is 2.39. The number of carbonyl (C=O) groups is 4. The fourth-order valence-electron chi connectivity index (χ4n) is 4.12. The molecular weight excluding hydrogens is 524 g/mol. The Labute approximate surface area is 227 Å². The molecule has 3 amide bonds. The third-order valence-electron chi connectivity index (χ3n) is 5.85. The lowest BCUT2D eigenvalue weighted by atomic mass is 10.0. The molecule has 0 bridgehead atoms. The Kier molecular flexibility index (Phi) is 8.10. The van der Waals surface area contributed by atoms with Crippen molar-refractivity contribution in [2.45, 2.75) is 13.0 Å². The average Bonchev–Trinajstić information content (AvgIpc) is 3.54. The van der Waals surface area contributed by atoms with Crippen LogP contribution in [0.25, 0.3) is 10.9 Å². The molecule has 0 spiro atoms. The van der Waals surface area contributed by atoms with Crippen LogP contribution in [0.5, 0.6) is 5.75 Å². The molecular formula is C26H26N6O6S. The van der Waals surface area contributed by atoms with Gasteiger partial charge in [0.05, 0.1) is 25.1 Å². The van der Waals surface area contributed by atoms with Crippen molar-refractivity contribution in [3.8, 4) is 5.75 Å². The van der Waals surface area contributed by atoms with Gasteiger partial charge in [-0.25, -0.2) is 0 Å². The fraction of sp³-hybridized carbons (Fsp3) is 0.192. The topological polar surface area (TPSA) is 183 Å². The zero-order chi connectivity index (χ0) is 28.1. The number of methoxy groups -OCH3 is 1. The largest absolute Gasteiger partial charge is 0.495 e. The summed E-state index contributed by atoms with van der Waals surface area (Å²) in [4.78, 5) is 56.2. The van der Waals surface area contributed by atoms with E-state index in [1.165, 1.54) is 12.0 Å². The maximum absolute atomic E-state index is 14.2. The second kappa shape index (κ2) is 11.6. The Morgan fingerprint density at radius 3 is 2.54 bits per heavy atom.